The quantitative estimate of drug-likeness (QED) is 0.605. The average Bonchev–Trinajstić information content (AvgIpc) is 2.32. The molecular weight excluding hydrogens is 495 g/mol. The van der Waals surface area contributed by atoms with Crippen molar-refractivity contribution in [1.29, 1.82) is 0 Å². The summed E-state index contributed by atoms with van der Waals surface area (Å²) in [6.07, 6.45) is -0.466. The summed E-state index contributed by atoms with van der Waals surface area (Å²) in [6, 6.07) is 10.1. The molecule has 0 saturated carbocycles. The van der Waals surface area contributed by atoms with Crippen molar-refractivity contribution < 1.29 is 49.0 Å². The standard InChI is InChI=1S/C8H6F3O.C5H5N2.U/c1-6-4-2-3-5-7(6)12-8(9,10)11;6-5-2-1-3-7-4-5;/h2,4-5H,1H3;1-2,4H,6H2;/q2*-1;+2. The molecule has 20 heavy (non-hydrogen) atoms. The van der Waals surface area contributed by atoms with E-state index in [0.29, 0.717) is 11.3 Å². The molecule has 1 heterocycles. The summed E-state index contributed by atoms with van der Waals surface area (Å²) in [6.45, 7) is 1.54. The van der Waals surface area contributed by atoms with Crippen LogP contribution in [0.4, 0.5) is 18.9 Å². The van der Waals surface area contributed by atoms with Crippen molar-refractivity contribution in [3.05, 3.63) is 54.4 Å². The number of anilines is 1. The van der Waals surface area contributed by atoms with Crippen LogP contribution >= 0.6 is 0 Å². The number of hydrogen-bond acceptors (Lipinski definition) is 3. The van der Waals surface area contributed by atoms with Gasteiger partial charge in [-0.1, -0.05) is 25.0 Å². The van der Waals surface area contributed by atoms with Gasteiger partial charge in [0.15, 0.2) is 0 Å². The van der Waals surface area contributed by atoms with Gasteiger partial charge >= 0.3 is 37.5 Å². The predicted octanol–water partition coefficient (Wildman–Crippen LogP) is 3.16. The number of nitrogens with zero attached hydrogens (tertiary/aromatic N) is 1. The minimum atomic E-state index is -4.63. The van der Waals surface area contributed by atoms with Crippen molar-refractivity contribution in [3.63, 3.8) is 0 Å². The van der Waals surface area contributed by atoms with Gasteiger partial charge in [0, 0.05) is 5.75 Å². The Hall–Kier alpha value is -1.19. The van der Waals surface area contributed by atoms with Crippen molar-refractivity contribution in [2.75, 3.05) is 5.73 Å². The van der Waals surface area contributed by atoms with Crippen LogP contribution in [0.25, 0.3) is 0 Å². The van der Waals surface area contributed by atoms with E-state index >= 15 is 0 Å². The summed E-state index contributed by atoms with van der Waals surface area (Å²) in [7, 11) is 0. The fourth-order valence-electron chi connectivity index (χ4n) is 1.06. The number of alkyl halides is 3. The van der Waals surface area contributed by atoms with Gasteiger partial charge in [0.05, 0.1) is 0 Å². The van der Waals surface area contributed by atoms with E-state index in [1.54, 1.807) is 18.3 Å². The third kappa shape index (κ3) is 8.08. The molecule has 1 aromatic carbocycles. The first-order chi connectivity index (χ1) is 8.88. The van der Waals surface area contributed by atoms with Gasteiger partial charge < -0.3 is 15.5 Å². The smallest absolute Gasteiger partial charge is 0.470 e. The monoisotopic (exact) mass is 506 g/mol. The zero-order chi connectivity index (χ0) is 14.3. The third-order valence-corrected chi connectivity index (χ3v) is 1.90. The van der Waals surface area contributed by atoms with Crippen LogP contribution in [-0.4, -0.2) is 11.3 Å². The summed E-state index contributed by atoms with van der Waals surface area (Å²) in [5.74, 6) is -0.204. The van der Waals surface area contributed by atoms with E-state index in [0.717, 1.165) is 6.07 Å². The molecule has 0 aliphatic carbocycles. The minimum Gasteiger partial charge on any atom is -0.470 e. The molecule has 2 aromatic rings. The van der Waals surface area contributed by atoms with E-state index in [-0.39, 0.29) is 36.9 Å². The second-order valence-corrected chi connectivity index (χ2v) is 3.46. The predicted molar refractivity (Wildman–Crippen MR) is 64.2 cm³/mol. The summed E-state index contributed by atoms with van der Waals surface area (Å²) < 4.78 is 38.8. The Morgan fingerprint density at radius 3 is 2.35 bits per heavy atom. The number of aryl methyl sites for hydroxylation is 1. The van der Waals surface area contributed by atoms with Crippen molar-refractivity contribution in [1.82, 2.24) is 4.98 Å². The third-order valence-electron chi connectivity index (χ3n) is 1.90. The Morgan fingerprint density at radius 1 is 1.25 bits per heavy atom. The summed E-state index contributed by atoms with van der Waals surface area (Å²) in [5.41, 5.74) is 6.39. The maximum Gasteiger partial charge on any atom is 2.00 e. The van der Waals surface area contributed by atoms with E-state index < -0.39 is 6.36 Å². The molecule has 2 N–H and O–H groups in total. The molecule has 7 heteroatoms. The molecule has 0 amide bonds. The van der Waals surface area contributed by atoms with E-state index in [1.807, 2.05) is 0 Å². The first-order valence-electron chi connectivity index (χ1n) is 5.18. The van der Waals surface area contributed by atoms with Crippen LogP contribution in [0.15, 0.2) is 36.5 Å². The molecule has 0 bridgehead atoms. The molecule has 0 aliphatic rings. The second kappa shape index (κ2) is 8.88. The largest absolute Gasteiger partial charge is 2.00 e. The SMILES string of the molecule is Cc1cc[c-]cc1OC(F)(F)F.Nc1cc[c-]nc1.[U+2]. The average molecular weight is 506 g/mol. The number of ether oxygens (including phenoxy) is 1. The van der Waals surface area contributed by atoms with Crippen LogP contribution in [0.3, 0.4) is 0 Å². The van der Waals surface area contributed by atoms with Crippen molar-refractivity contribution in [3.8, 4) is 5.75 Å². The molecule has 0 spiro atoms. The zero-order valence-electron chi connectivity index (χ0n) is 10.5. The summed E-state index contributed by atoms with van der Waals surface area (Å²) >= 11 is 0. The van der Waals surface area contributed by atoms with Gasteiger partial charge in [-0.05, 0) is 0 Å². The minimum absolute atomic E-state index is 0. The summed E-state index contributed by atoms with van der Waals surface area (Å²) in [4.78, 5) is 3.63. The van der Waals surface area contributed by atoms with E-state index in [1.165, 1.54) is 19.1 Å². The van der Waals surface area contributed by atoms with Gasteiger partial charge in [0.2, 0.25) is 0 Å². The maximum absolute atomic E-state index is 11.7. The molecule has 0 saturated heterocycles. The van der Waals surface area contributed by atoms with Crippen LogP contribution in [-0.2, 0) is 0 Å². The Kier molecular flexibility index (Phi) is 8.35. The summed E-state index contributed by atoms with van der Waals surface area (Å²) in [5, 5.41) is 0. The molecule has 104 valence electrons. The molecule has 0 aliphatic heterocycles. The first-order valence-corrected chi connectivity index (χ1v) is 5.18. The van der Waals surface area contributed by atoms with Gasteiger partial charge in [-0.2, -0.15) is 24.3 Å². The van der Waals surface area contributed by atoms with Gasteiger partial charge in [-0.15, -0.1) is 30.9 Å². The van der Waals surface area contributed by atoms with Gasteiger partial charge in [-0.25, -0.2) is 0 Å². The van der Waals surface area contributed by atoms with Crippen molar-refractivity contribution in [2.24, 2.45) is 0 Å². The second-order valence-electron chi connectivity index (χ2n) is 3.46. The molecule has 2 rings (SSSR count). The van der Waals surface area contributed by atoms with E-state index in [9.17, 15) is 13.2 Å². The molecule has 1 aromatic heterocycles. The van der Waals surface area contributed by atoms with Gasteiger partial charge in [0.25, 0.3) is 0 Å². The first kappa shape index (κ1) is 18.8. The fourth-order valence-corrected chi connectivity index (χ4v) is 1.06. The van der Waals surface area contributed by atoms with Crippen molar-refractivity contribution in [2.45, 2.75) is 13.3 Å². The number of rotatable bonds is 1. The van der Waals surface area contributed by atoms with E-state index in [2.05, 4.69) is 22.0 Å². The van der Waals surface area contributed by atoms with Crippen LogP contribution in [0.2, 0.25) is 0 Å². The van der Waals surface area contributed by atoms with Gasteiger partial charge in [-0.3, -0.25) is 0 Å². The maximum atomic E-state index is 11.7. The number of aromatic nitrogens is 1. The Balaban J connectivity index is 0.000000387. The molecule has 0 radical (unpaired) electrons. The Bertz CT molecular complexity index is 506. The Morgan fingerprint density at radius 2 is 1.95 bits per heavy atom. The molecule has 0 atom stereocenters. The molecule has 0 unspecified atom stereocenters. The normalized spacial score (nSPS) is 9.80. The number of hydrogen-bond donors (Lipinski definition) is 1. The Labute approximate surface area is 138 Å². The number of nitrogen functional groups attached to an aromatic ring is 1. The van der Waals surface area contributed by atoms with Crippen LogP contribution in [0.1, 0.15) is 5.56 Å². The van der Waals surface area contributed by atoms with Crippen LogP contribution in [0, 0.1) is 50.3 Å². The molecule has 0 fully saturated rings. The van der Waals surface area contributed by atoms with Crippen LogP contribution in [0.5, 0.6) is 5.75 Å². The molecular formula is C13H11F3N2OU. The number of halogens is 3. The number of benzene rings is 1. The fraction of sp³-hybridized carbons (Fsp3) is 0.154. The van der Waals surface area contributed by atoms with Gasteiger partial charge in [0.1, 0.15) is 0 Å². The van der Waals surface area contributed by atoms with E-state index in [4.69, 9.17) is 5.73 Å². The number of pyridine rings is 1. The topological polar surface area (TPSA) is 48.1 Å². The number of nitrogens with two attached hydrogens (primary N) is 1. The van der Waals surface area contributed by atoms with Crippen LogP contribution < -0.4 is 10.5 Å². The van der Waals surface area contributed by atoms with Crippen molar-refractivity contribution >= 4 is 5.69 Å². The molecule has 3 nitrogen and oxygen atoms in total. The zero-order valence-corrected chi connectivity index (χ0v) is 14.7.